The first-order valence-electron chi connectivity index (χ1n) is 9.46. The molecule has 29 heavy (non-hydrogen) atoms. The van der Waals surface area contributed by atoms with Crippen molar-refractivity contribution < 1.29 is 34.2 Å². The Hall–Kier alpha value is -2.73. The monoisotopic (exact) mass is 413 g/mol. The molecule has 0 radical (unpaired) electrons. The van der Waals surface area contributed by atoms with Gasteiger partial charge >= 0.3 is 5.97 Å². The number of nitrogens with one attached hydrogen (secondary N) is 1. The number of carbonyl (C=O) groups is 5. The van der Waals surface area contributed by atoms with Gasteiger partial charge in [0.25, 0.3) is 0 Å². The van der Waals surface area contributed by atoms with Gasteiger partial charge in [-0.1, -0.05) is 0 Å². The van der Waals surface area contributed by atoms with E-state index in [0.717, 1.165) is 0 Å². The Morgan fingerprint density at radius 1 is 1.03 bits per heavy atom. The van der Waals surface area contributed by atoms with Gasteiger partial charge < -0.3 is 36.8 Å². The lowest BCUT2D eigenvalue weighted by atomic mass is 10.1. The molecule has 2 saturated heterocycles. The number of carboxylic acid groups (broad SMARTS) is 1. The number of primary amides is 1. The van der Waals surface area contributed by atoms with E-state index in [1.165, 1.54) is 9.80 Å². The van der Waals surface area contributed by atoms with Gasteiger partial charge in [0.2, 0.25) is 23.6 Å². The minimum absolute atomic E-state index is 0.287. The number of hydrogen-bond donors (Lipinski definition) is 5. The second kappa shape index (κ2) is 9.65. The molecule has 0 aromatic rings. The third kappa shape index (κ3) is 5.21. The van der Waals surface area contributed by atoms with Crippen molar-refractivity contribution in [1.29, 1.82) is 0 Å². The average Bonchev–Trinajstić information content (AvgIpc) is 3.34. The molecule has 4 atom stereocenters. The zero-order chi connectivity index (χ0) is 21.7. The molecule has 162 valence electrons. The Morgan fingerprint density at radius 3 is 2.17 bits per heavy atom. The lowest BCUT2D eigenvalue weighted by Gasteiger charge is -2.32. The van der Waals surface area contributed by atoms with Crippen molar-refractivity contribution in [2.24, 2.45) is 11.5 Å². The lowest BCUT2D eigenvalue weighted by molar-refractivity contribution is -0.148. The van der Waals surface area contributed by atoms with Gasteiger partial charge in [0, 0.05) is 13.1 Å². The molecule has 2 aliphatic heterocycles. The van der Waals surface area contributed by atoms with Crippen LogP contribution in [-0.2, 0) is 24.0 Å². The molecular formula is C17H27N5O7. The maximum absolute atomic E-state index is 13.0. The fourth-order valence-corrected chi connectivity index (χ4v) is 3.74. The SMILES string of the molecule is NC(=O)CC(NC(=O)C1CCCN1C(=O)C1CCCN1C(=O)C(N)CO)C(=O)O. The van der Waals surface area contributed by atoms with Crippen LogP contribution in [-0.4, -0.2) is 93.5 Å². The van der Waals surface area contributed by atoms with E-state index in [4.69, 9.17) is 21.7 Å². The van der Waals surface area contributed by atoms with Crippen molar-refractivity contribution in [3.8, 4) is 0 Å². The number of aliphatic hydroxyl groups is 1. The summed E-state index contributed by atoms with van der Waals surface area (Å²) in [6.07, 6.45) is 1.30. The molecule has 0 aliphatic carbocycles. The van der Waals surface area contributed by atoms with Crippen LogP contribution >= 0.6 is 0 Å². The number of aliphatic carboxylic acids is 1. The molecule has 2 fully saturated rings. The van der Waals surface area contributed by atoms with Gasteiger partial charge in [0.15, 0.2) is 0 Å². The van der Waals surface area contributed by atoms with Crippen LogP contribution in [0.25, 0.3) is 0 Å². The Morgan fingerprint density at radius 2 is 1.62 bits per heavy atom. The maximum Gasteiger partial charge on any atom is 0.326 e. The number of nitrogens with zero attached hydrogens (tertiary/aromatic N) is 2. The minimum Gasteiger partial charge on any atom is -0.480 e. The molecule has 4 unspecified atom stereocenters. The highest BCUT2D eigenvalue weighted by Gasteiger charge is 2.43. The Bertz CT molecular complexity index is 685. The molecule has 7 N–H and O–H groups in total. The van der Waals surface area contributed by atoms with Crippen LogP contribution in [0.5, 0.6) is 0 Å². The highest BCUT2D eigenvalue weighted by Crippen LogP contribution is 2.25. The summed E-state index contributed by atoms with van der Waals surface area (Å²) in [4.78, 5) is 62.9. The van der Waals surface area contributed by atoms with Crippen molar-refractivity contribution in [2.45, 2.75) is 56.3 Å². The van der Waals surface area contributed by atoms with Gasteiger partial charge in [0.1, 0.15) is 24.2 Å². The normalized spacial score (nSPS) is 23.5. The first kappa shape index (κ1) is 22.6. The molecule has 0 aromatic heterocycles. The zero-order valence-electron chi connectivity index (χ0n) is 16.0. The van der Waals surface area contributed by atoms with Gasteiger partial charge in [0.05, 0.1) is 13.0 Å². The van der Waals surface area contributed by atoms with E-state index < -0.39 is 66.8 Å². The number of rotatable bonds is 8. The fraction of sp³-hybridized carbons (Fsp3) is 0.706. The quantitative estimate of drug-likeness (QED) is 0.273. The summed E-state index contributed by atoms with van der Waals surface area (Å²) < 4.78 is 0. The summed E-state index contributed by atoms with van der Waals surface area (Å²) in [6, 6.07) is -4.29. The molecule has 0 aromatic carbocycles. The number of carbonyl (C=O) groups excluding carboxylic acids is 4. The molecule has 2 rings (SSSR count). The molecule has 2 aliphatic rings. The van der Waals surface area contributed by atoms with Crippen molar-refractivity contribution in [1.82, 2.24) is 15.1 Å². The first-order chi connectivity index (χ1) is 13.7. The Kier molecular flexibility index (Phi) is 7.51. The van der Waals surface area contributed by atoms with Crippen LogP contribution in [0.1, 0.15) is 32.1 Å². The molecule has 12 heteroatoms. The second-order valence-corrected chi connectivity index (χ2v) is 7.24. The van der Waals surface area contributed by atoms with E-state index >= 15 is 0 Å². The van der Waals surface area contributed by atoms with Crippen molar-refractivity contribution >= 4 is 29.6 Å². The molecule has 2 heterocycles. The molecule has 12 nitrogen and oxygen atoms in total. The van der Waals surface area contributed by atoms with Gasteiger partial charge in [-0.2, -0.15) is 0 Å². The van der Waals surface area contributed by atoms with Crippen LogP contribution in [0, 0.1) is 0 Å². The zero-order valence-corrected chi connectivity index (χ0v) is 16.0. The number of aliphatic hydroxyl groups excluding tert-OH is 1. The highest BCUT2D eigenvalue weighted by atomic mass is 16.4. The third-order valence-electron chi connectivity index (χ3n) is 5.19. The van der Waals surface area contributed by atoms with Gasteiger partial charge in [-0.05, 0) is 25.7 Å². The largest absolute Gasteiger partial charge is 0.480 e. The molecule has 0 saturated carbocycles. The van der Waals surface area contributed by atoms with Gasteiger partial charge in [-0.3, -0.25) is 19.2 Å². The Labute approximate surface area is 167 Å². The maximum atomic E-state index is 13.0. The summed E-state index contributed by atoms with van der Waals surface area (Å²) in [6.45, 7) is 0.0732. The first-order valence-corrected chi connectivity index (χ1v) is 9.46. The number of nitrogens with two attached hydrogens (primary N) is 2. The van der Waals surface area contributed by atoms with E-state index in [9.17, 15) is 24.0 Å². The van der Waals surface area contributed by atoms with Crippen LogP contribution in [0.3, 0.4) is 0 Å². The Balaban J connectivity index is 2.09. The minimum atomic E-state index is -1.48. The number of amides is 4. The topological polar surface area (TPSA) is 196 Å². The van der Waals surface area contributed by atoms with Crippen LogP contribution < -0.4 is 16.8 Å². The fourth-order valence-electron chi connectivity index (χ4n) is 3.74. The number of carboxylic acids is 1. The predicted octanol–water partition coefficient (Wildman–Crippen LogP) is -3.27. The van der Waals surface area contributed by atoms with Crippen LogP contribution in [0.15, 0.2) is 0 Å². The van der Waals surface area contributed by atoms with Crippen LogP contribution in [0.4, 0.5) is 0 Å². The lowest BCUT2D eigenvalue weighted by Crippen LogP contribution is -2.56. The molecule has 0 spiro atoms. The molecule has 4 amide bonds. The standard InChI is InChI=1S/C17H27N5O7/c18-9(8-23)15(26)22-6-2-4-12(22)16(27)21-5-1-3-11(21)14(25)20-10(17(28)29)7-13(19)24/h9-12,23H,1-8,18H2,(H2,19,24)(H,20,25)(H,28,29). The summed E-state index contributed by atoms with van der Waals surface area (Å²) in [5.74, 6) is -3.92. The van der Waals surface area contributed by atoms with Gasteiger partial charge in [-0.15, -0.1) is 0 Å². The van der Waals surface area contributed by atoms with Crippen molar-refractivity contribution in [2.75, 3.05) is 19.7 Å². The van der Waals surface area contributed by atoms with E-state index in [1.54, 1.807) is 0 Å². The second-order valence-electron chi connectivity index (χ2n) is 7.24. The third-order valence-corrected chi connectivity index (χ3v) is 5.19. The van der Waals surface area contributed by atoms with Crippen molar-refractivity contribution in [3.63, 3.8) is 0 Å². The predicted molar refractivity (Wildman–Crippen MR) is 97.9 cm³/mol. The summed E-state index contributed by atoms with van der Waals surface area (Å²) in [5, 5.41) is 20.5. The summed E-state index contributed by atoms with van der Waals surface area (Å²) in [7, 11) is 0. The number of likely N-dealkylation sites (tertiary alicyclic amines) is 2. The number of hydrogen-bond acceptors (Lipinski definition) is 7. The van der Waals surface area contributed by atoms with Crippen molar-refractivity contribution in [3.05, 3.63) is 0 Å². The molecule has 0 bridgehead atoms. The molecular weight excluding hydrogens is 386 g/mol. The average molecular weight is 413 g/mol. The summed E-state index contributed by atoms with van der Waals surface area (Å²) >= 11 is 0. The van der Waals surface area contributed by atoms with E-state index in [-0.39, 0.29) is 6.54 Å². The van der Waals surface area contributed by atoms with Crippen LogP contribution in [0.2, 0.25) is 0 Å². The van der Waals surface area contributed by atoms with E-state index in [1.807, 2.05) is 0 Å². The highest BCUT2D eigenvalue weighted by molar-refractivity contribution is 5.95. The van der Waals surface area contributed by atoms with E-state index in [0.29, 0.717) is 32.2 Å². The summed E-state index contributed by atoms with van der Waals surface area (Å²) in [5.41, 5.74) is 10.6. The smallest absolute Gasteiger partial charge is 0.326 e. The van der Waals surface area contributed by atoms with E-state index in [2.05, 4.69) is 5.32 Å². The van der Waals surface area contributed by atoms with Gasteiger partial charge in [-0.25, -0.2) is 4.79 Å².